The Morgan fingerprint density at radius 3 is 2.36 bits per heavy atom. The number of hydrogen-bond acceptors (Lipinski definition) is 5. The van der Waals surface area contributed by atoms with Crippen molar-refractivity contribution in [3.63, 3.8) is 0 Å². The molecule has 0 fully saturated rings. The van der Waals surface area contributed by atoms with Crippen molar-refractivity contribution in [3.05, 3.63) is 81.9 Å². The number of rotatable bonds is 5. The molecule has 0 saturated carbocycles. The van der Waals surface area contributed by atoms with Crippen LogP contribution in [0.5, 0.6) is 0 Å². The zero-order chi connectivity index (χ0) is 19.7. The molecule has 140 valence electrons. The normalized spacial score (nSPS) is 14.1. The summed E-state index contributed by atoms with van der Waals surface area (Å²) < 4.78 is 0. The largest absolute Gasteiger partial charge is 0.378 e. The van der Waals surface area contributed by atoms with Gasteiger partial charge >= 0.3 is 0 Å². The molecule has 0 N–H and O–H groups in total. The number of imide groups is 1. The zero-order valence-electron chi connectivity index (χ0n) is 15.5. The third-order valence-corrected chi connectivity index (χ3v) is 6.35. The molecule has 4 rings (SSSR count). The van der Waals surface area contributed by atoms with E-state index in [1.807, 2.05) is 85.0 Å². The van der Waals surface area contributed by atoms with Crippen molar-refractivity contribution >= 4 is 51.9 Å². The van der Waals surface area contributed by atoms with Crippen LogP contribution in [0.4, 0.5) is 11.4 Å². The lowest BCUT2D eigenvalue weighted by atomic mass is 10.2. The molecule has 4 nitrogen and oxygen atoms in total. The lowest BCUT2D eigenvalue weighted by Gasteiger charge is -2.19. The molecule has 0 saturated heterocycles. The minimum absolute atomic E-state index is 0.276. The Morgan fingerprint density at radius 2 is 1.68 bits per heavy atom. The fraction of sp³-hybridized carbons (Fsp3) is 0.0909. The molecule has 1 aliphatic rings. The van der Waals surface area contributed by atoms with Gasteiger partial charge in [0.25, 0.3) is 11.8 Å². The molecule has 0 bridgehead atoms. The molecule has 0 radical (unpaired) electrons. The monoisotopic (exact) mass is 406 g/mol. The number of carbonyl (C=O) groups excluding carboxylic acids is 2. The van der Waals surface area contributed by atoms with E-state index in [4.69, 9.17) is 0 Å². The van der Waals surface area contributed by atoms with Gasteiger partial charge in [-0.15, -0.1) is 11.3 Å². The van der Waals surface area contributed by atoms with Crippen LogP contribution >= 0.6 is 23.1 Å². The van der Waals surface area contributed by atoms with Crippen LogP contribution in [0.25, 0.3) is 5.57 Å². The van der Waals surface area contributed by atoms with Crippen molar-refractivity contribution in [2.45, 2.75) is 4.90 Å². The highest BCUT2D eigenvalue weighted by Crippen LogP contribution is 2.42. The maximum atomic E-state index is 13.3. The van der Waals surface area contributed by atoms with Crippen molar-refractivity contribution in [1.82, 2.24) is 0 Å². The molecule has 0 atom stereocenters. The number of hydrogen-bond donors (Lipinski definition) is 0. The van der Waals surface area contributed by atoms with Crippen LogP contribution in [0.2, 0.25) is 0 Å². The van der Waals surface area contributed by atoms with E-state index in [1.54, 1.807) is 6.07 Å². The molecule has 28 heavy (non-hydrogen) atoms. The summed E-state index contributed by atoms with van der Waals surface area (Å²) >= 11 is 2.81. The lowest BCUT2D eigenvalue weighted by Crippen LogP contribution is -2.31. The van der Waals surface area contributed by atoms with Crippen molar-refractivity contribution in [1.29, 1.82) is 0 Å². The van der Waals surface area contributed by atoms with E-state index in [1.165, 1.54) is 28.0 Å². The first kappa shape index (κ1) is 18.5. The van der Waals surface area contributed by atoms with Gasteiger partial charge in [0.1, 0.15) is 0 Å². The predicted molar refractivity (Wildman–Crippen MR) is 117 cm³/mol. The topological polar surface area (TPSA) is 40.6 Å². The first-order valence-corrected chi connectivity index (χ1v) is 10.4. The van der Waals surface area contributed by atoms with E-state index in [9.17, 15) is 9.59 Å². The minimum atomic E-state index is -0.279. The van der Waals surface area contributed by atoms with Crippen LogP contribution in [0.15, 0.2) is 81.9 Å². The molecule has 3 aromatic rings. The molecule has 0 unspecified atom stereocenters. The third kappa shape index (κ3) is 3.37. The second-order valence-corrected chi connectivity index (χ2v) is 8.49. The molecular weight excluding hydrogens is 388 g/mol. The summed E-state index contributed by atoms with van der Waals surface area (Å²) in [6, 6.07) is 20.9. The van der Waals surface area contributed by atoms with Crippen LogP contribution in [0.3, 0.4) is 0 Å². The van der Waals surface area contributed by atoms with E-state index in [0.29, 0.717) is 16.2 Å². The maximum Gasteiger partial charge on any atom is 0.272 e. The second kappa shape index (κ2) is 7.66. The molecule has 1 aliphatic heterocycles. The van der Waals surface area contributed by atoms with Gasteiger partial charge < -0.3 is 4.90 Å². The summed E-state index contributed by atoms with van der Waals surface area (Å²) in [6.45, 7) is 0. The Hall–Kier alpha value is -2.83. The van der Waals surface area contributed by atoms with Crippen molar-refractivity contribution < 1.29 is 9.59 Å². The maximum absolute atomic E-state index is 13.3. The Balaban J connectivity index is 1.79. The predicted octanol–water partition coefficient (Wildman–Crippen LogP) is 4.89. The van der Waals surface area contributed by atoms with Crippen molar-refractivity contribution in [2.24, 2.45) is 0 Å². The molecule has 2 aromatic carbocycles. The number of amides is 2. The van der Waals surface area contributed by atoms with Crippen molar-refractivity contribution in [3.8, 4) is 0 Å². The van der Waals surface area contributed by atoms with Crippen LogP contribution in [-0.4, -0.2) is 25.9 Å². The number of anilines is 2. The summed E-state index contributed by atoms with van der Waals surface area (Å²) in [7, 11) is 3.86. The van der Waals surface area contributed by atoms with Gasteiger partial charge in [0.05, 0.1) is 16.2 Å². The van der Waals surface area contributed by atoms with Crippen LogP contribution in [0, 0.1) is 0 Å². The average Bonchev–Trinajstić information content (AvgIpc) is 3.30. The Kier molecular flexibility index (Phi) is 5.07. The summed E-state index contributed by atoms with van der Waals surface area (Å²) in [5.41, 5.74) is 1.99. The number of nitrogens with zero attached hydrogens (tertiary/aromatic N) is 2. The summed E-state index contributed by atoms with van der Waals surface area (Å²) in [5.74, 6) is -0.556. The average molecular weight is 407 g/mol. The van der Waals surface area contributed by atoms with E-state index < -0.39 is 0 Å². The van der Waals surface area contributed by atoms with Crippen molar-refractivity contribution in [2.75, 3.05) is 23.9 Å². The van der Waals surface area contributed by atoms with Gasteiger partial charge in [-0.3, -0.25) is 9.59 Å². The number of thioether (sulfide) groups is 1. The second-order valence-electron chi connectivity index (χ2n) is 6.46. The molecule has 0 aliphatic carbocycles. The smallest absolute Gasteiger partial charge is 0.272 e. The van der Waals surface area contributed by atoms with Gasteiger partial charge in [0, 0.05) is 29.6 Å². The summed E-state index contributed by atoms with van der Waals surface area (Å²) in [6.07, 6.45) is 0. The van der Waals surface area contributed by atoms with Gasteiger partial charge in [0.15, 0.2) is 0 Å². The highest BCUT2D eigenvalue weighted by atomic mass is 32.2. The van der Waals surface area contributed by atoms with E-state index in [0.717, 1.165) is 15.5 Å². The molecule has 2 heterocycles. The molecule has 6 heteroatoms. The van der Waals surface area contributed by atoms with Crippen LogP contribution in [0.1, 0.15) is 4.88 Å². The number of carbonyl (C=O) groups is 2. The van der Waals surface area contributed by atoms with Gasteiger partial charge in [-0.1, -0.05) is 42.1 Å². The fourth-order valence-corrected chi connectivity index (χ4v) is 4.83. The fourth-order valence-electron chi connectivity index (χ4n) is 2.99. The molecule has 1 aromatic heterocycles. The standard InChI is InChI=1S/C22H18N2O2S2/c1-23(2)15-8-6-9-16(14-15)24-21(25)19(18-12-7-13-27-18)20(22(24)26)28-17-10-4-3-5-11-17/h3-14H,1-2H3. The van der Waals surface area contributed by atoms with E-state index in [-0.39, 0.29) is 11.8 Å². The first-order valence-electron chi connectivity index (χ1n) is 8.73. The molecule has 2 amide bonds. The minimum Gasteiger partial charge on any atom is -0.378 e. The number of benzene rings is 2. The van der Waals surface area contributed by atoms with E-state index >= 15 is 0 Å². The lowest BCUT2D eigenvalue weighted by molar-refractivity contribution is -0.119. The van der Waals surface area contributed by atoms with E-state index in [2.05, 4.69) is 0 Å². The van der Waals surface area contributed by atoms with Gasteiger partial charge in [0.2, 0.25) is 0 Å². The van der Waals surface area contributed by atoms with Gasteiger partial charge in [-0.25, -0.2) is 4.90 Å². The Morgan fingerprint density at radius 1 is 0.893 bits per heavy atom. The van der Waals surface area contributed by atoms with Gasteiger partial charge in [-0.2, -0.15) is 0 Å². The highest BCUT2D eigenvalue weighted by molar-refractivity contribution is 8.04. The quantitative estimate of drug-likeness (QED) is 0.566. The zero-order valence-corrected chi connectivity index (χ0v) is 17.1. The molecule has 0 spiro atoms. The Bertz CT molecular complexity index is 1060. The molecular formula is C22H18N2O2S2. The van der Waals surface area contributed by atoms with Crippen LogP contribution in [-0.2, 0) is 9.59 Å². The van der Waals surface area contributed by atoms with Gasteiger partial charge in [-0.05, 0) is 41.8 Å². The SMILES string of the molecule is CN(C)c1cccc(N2C(=O)C(Sc3ccccc3)=C(c3cccs3)C2=O)c1. The summed E-state index contributed by atoms with van der Waals surface area (Å²) in [4.78, 5) is 32.1. The Labute approximate surface area is 172 Å². The summed E-state index contributed by atoms with van der Waals surface area (Å²) in [5, 5.41) is 1.92. The third-order valence-electron chi connectivity index (χ3n) is 4.38. The number of thiophene rings is 1. The van der Waals surface area contributed by atoms with Crippen LogP contribution < -0.4 is 9.80 Å². The first-order chi connectivity index (χ1) is 13.6. The highest BCUT2D eigenvalue weighted by Gasteiger charge is 2.41.